The number of sulfonamides is 1. The molecular weight excluding hydrogens is 414 g/mol. The Labute approximate surface area is 185 Å². The fraction of sp³-hybridized carbons (Fsp3) is 0.435. The van der Waals surface area contributed by atoms with Gasteiger partial charge in [-0.3, -0.25) is 4.79 Å². The summed E-state index contributed by atoms with van der Waals surface area (Å²) in [4.78, 5) is 14.9. The van der Waals surface area contributed by atoms with Gasteiger partial charge < -0.3 is 15.0 Å². The predicted molar refractivity (Wildman–Crippen MR) is 122 cm³/mol. The molecule has 8 heteroatoms. The van der Waals surface area contributed by atoms with Crippen LogP contribution in [0, 0.1) is 5.92 Å². The van der Waals surface area contributed by atoms with Gasteiger partial charge in [0.2, 0.25) is 15.9 Å². The summed E-state index contributed by atoms with van der Waals surface area (Å²) in [5, 5.41) is 3.01. The maximum absolute atomic E-state index is 12.8. The van der Waals surface area contributed by atoms with Crippen LogP contribution >= 0.6 is 0 Å². The number of carbonyl (C=O) groups is 1. The SMILES string of the molecule is COc1ccc(S(=O)(=O)N2CCC(C(=O)NCCCN(C)c3ccccc3)CC2)cc1. The summed E-state index contributed by atoms with van der Waals surface area (Å²) in [6.45, 7) is 2.16. The first kappa shape index (κ1) is 23.1. The summed E-state index contributed by atoms with van der Waals surface area (Å²) < 4.78 is 32.2. The maximum atomic E-state index is 12.8. The number of nitrogens with one attached hydrogen (secondary N) is 1. The van der Waals surface area contributed by atoms with E-state index in [4.69, 9.17) is 4.74 Å². The highest BCUT2D eigenvalue weighted by Gasteiger charge is 2.32. The summed E-state index contributed by atoms with van der Waals surface area (Å²) in [6, 6.07) is 16.5. The van der Waals surface area contributed by atoms with E-state index in [1.165, 1.54) is 4.31 Å². The summed E-state index contributed by atoms with van der Waals surface area (Å²) in [6.07, 6.45) is 1.91. The van der Waals surface area contributed by atoms with Crippen LogP contribution in [0.25, 0.3) is 0 Å². The average molecular weight is 446 g/mol. The number of para-hydroxylation sites is 1. The zero-order chi connectivity index (χ0) is 22.3. The van der Waals surface area contributed by atoms with E-state index in [1.807, 2.05) is 25.2 Å². The average Bonchev–Trinajstić information content (AvgIpc) is 2.82. The molecule has 0 atom stereocenters. The summed E-state index contributed by atoms with van der Waals surface area (Å²) in [7, 11) is 0.0280. The van der Waals surface area contributed by atoms with Crippen LogP contribution < -0.4 is 15.0 Å². The van der Waals surface area contributed by atoms with Crippen LogP contribution in [0.5, 0.6) is 5.75 Å². The molecule has 0 bridgehead atoms. The number of hydrogen-bond donors (Lipinski definition) is 1. The van der Waals surface area contributed by atoms with E-state index in [0.29, 0.717) is 38.2 Å². The number of ether oxygens (including phenoxy) is 1. The molecule has 2 aromatic rings. The van der Waals surface area contributed by atoms with Gasteiger partial charge in [0.05, 0.1) is 12.0 Å². The Hall–Kier alpha value is -2.58. The number of piperidine rings is 1. The summed E-state index contributed by atoms with van der Waals surface area (Å²) in [5.41, 5.74) is 1.15. The quantitative estimate of drug-likeness (QED) is 0.601. The van der Waals surface area contributed by atoms with Gasteiger partial charge in [0, 0.05) is 44.8 Å². The Morgan fingerprint density at radius 2 is 1.74 bits per heavy atom. The molecule has 1 fully saturated rings. The summed E-state index contributed by atoms with van der Waals surface area (Å²) in [5.74, 6) is 0.488. The number of amides is 1. The molecule has 0 unspecified atom stereocenters. The first-order valence-electron chi connectivity index (χ1n) is 10.6. The molecule has 2 aromatic carbocycles. The van der Waals surface area contributed by atoms with E-state index in [-0.39, 0.29) is 16.7 Å². The number of anilines is 1. The second-order valence-electron chi connectivity index (χ2n) is 7.76. The molecule has 1 aliphatic rings. The van der Waals surface area contributed by atoms with Gasteiger partial charge in [-0.05, 0) is 55.7 Å². The minimum absolute atomic E-state index is 0.0175. The number of methoxy groups -OCH3 is 1. The molecule has 1 amide bonds. The number of nitrogens with zero attached hydrogens (tertiary/aromatic N) is 2. The highest BCUT2D eigenvalue weighted by molar-refractivity contribution is 7.89. The molecule has 7 nitrogen and oxygen atoms in total. The van der Waals surface area contributed by atoms with Gasteiger partial charge in [-0.2, -0.15) is 4.31 Å². The lowest BCUT2D eigenvalue weighted by atomic mass is 9.97. The van der Waals surface area contributed by atoms with E-state index in [9.17, 15) is 13.2 Å². The topological polar surface area (TPSA) is 79.0 Å². The summed E-state index contributed by atoms with van der Waals surface area (Å²) >= 11 is 0. The normalized spacial score (nSPS) is 15.4. The molecule has 0 aliphatic carbocycles. The molecule has 0 radical (unpaired) electrons. The van der Waals surface area contributed by atoms with Crippen molar-refractivity contribution in [1.29, 1.82) is 0 Å². The highest BCUT2D eigenvalue weighted by atomic mass is 32.2. The predicted octanol–water partition coefficient (Wildman–Crippen LogP) is 2.74. The van der Waals surface area contributed by atoms with E-state index in [1.54, 1.807) is 31.4 Å². The van der Waals surface area contributed by atoms with Gasteiger partial charge in [-0.1, -0.05) is 18.2 Å². The maximum Gasteiger partial charge on any atom is 0.243 e. The monoisotopic (exact) mass is 445 g/mol. The van der Waals surface area contributed by atoms with Crippen molar-refractivity contribution in [3.8, 4) is 5.75 Å². The molecule has 1 N–H and O–H groups in total. The van der Waals surface area contributed by atoms with Gasteiger partial charge in [-0.25, -0.2) is 8.42 Å². The zero-order valence-electron chi connectivity index (χ0n) is 18.2. The number of benzene rings is 2. The van der Waals surface area contributed by atoms with Crippen molar-refractivity contribution in [1.82, 2.24) is 9.62 Å². The Bertz CT molecular complexity index is 941. The van der Waals surface area contributed by atoms with Crippen molar-refractivity contribution in [2.45, 2.75) is 24.2 Å². The van der Waals surface area contributed by atoms with Gasteiger partial charge >= 0.3 is 0 Å². The molecule has 0 saturated carbocycles. The molecule has 168 valence electrons. The molecule has 1 saturated heterocycles. The van der Waals surface area contributed by atoms with E-state index in [2.05, 4.69) is 22.3 Å². The Kier molecular flexibility index (Phi) is 7.92. The van der Waals surface area contributed by atoms with Crippen LogP contribution in [0.15, 0.2) is 59.5 Å². The van der Waals surface area contributed by atoms with Gasteiger partial charge in [0.25, 0.3) is 0 Å². The Morgan fingerprint density at radius 3 is 2.35 bits per heavy atom. The largest absolute Gasteiger partial charge is 0.497 e. The minimum Gasteiger partial charge on any atom is -0.497 e. The zero-order valence-corrected chi connectivity index (χ0v) is 19.0. The Morgan fingerprint density at radius 1 is 1.10 bits per heavy atom. The van der Waals surface area contributed by atoms with Crippen LogP contribution in [-0.2, 0) is 14.8 Å². The molecule has 1 aliphatic heterocycles. The lowest BCUT2D eigenvalue weighted by molar-refractivity contribution is -0.126. The van der Waals surface area contributed by atoms with Gasteiger partial charge in [-0.15, -0.1) is 0 Å². The van der Waals surface area contributed by atoms with Crippen molar-refractivity contribution in [2.75, 3.05) is 45.2 Å². The third-order valence-electron chi connectivity index (χ3n) is 5.69. The van der Waals surface area contributed by atoms with Gasteiger partial charge in [0.1, 0.15) is 5.75 Å². The molecule has 31 heavy (non-hydrogen) atoms. The van der Waals surface area contributed by atoms with E-state index in [0.717, 1.165) is 18.7 Å². The van der Waals surface area contributed by atoms with Crippen LogP contribution in [0.2, 0.25) is 0 Å². The second kappa shape index (κ2) is 10.6. The third-order valence-corrected chi connectivity index (χ3v) is 7.60. The molecule has 0 spiro atoms. The van der Waals surface area contributed by atoms with Crippen LogP contribution in [0.1, 0.15) is 19.3 Å². The van der Waals surface area contributed by atoms with Crippen LogP contribution in [0.4, 0.5) is 5.69 Å². The number of rotatable bonds is 9. The van der Waals surface area contributed by atoms with Crippen molar-refractivity contribution in [3.63, 3.8) is 0 Å². The molecule has 3 rings (SSSR count). The number of carbonyl (C=O) groups excluding carboxylic acids is 1. The lowest BCUT2D eigenvalue weighted by Crippen LogP contribution is -2.43. The fourth-order valence-corrected chi connectivity index (χ4v) is 5.21. The number of hydrogen-bond acceptors (Lipinski definition) is 5. The van der Waals surface area contributed by atoms with Crippen molar-refractivity contribution in [3.05, 3.63) is 54.6 Å². The lowest BCUT2D eigenvalue weighted by Gasteiger charge is -2.30. The highest BCUT2D eigenvalue weighted by Crippen LogP contribution is 2.25. The Balaban J connectivity index is 1.42. The fourth-order valence-electron chi connectivity index (χ4n) is 3.74. The van der Waals surface area contributed by atoms with E-state index >= 15 is 0 Å². The van der Waals surface area contributed by atoms with Gasteiger partial charge in [0.15, 0.2) is 0 Å². The first-order valence-corrected chi connectivity index (χ1v) is 12.0. The smallest absolute Gasteiger partial charge is 0.243 e. The molecule has 1 heterocycles. The van der Waals surface area contributed by atoms with Crippen molar-refractivity contribution >= 4 is 21.6 Å². The second-order valence-corrected chi connectivity index (χ2v) is 9.69. The third kappa shape index (κ3) is 5.98. The first-order chi connectivity index (χ1) is 14.9. The molecule has 0 aromatic heterocycles. The standard InChI is InChI=1S/C23H31N3O4S/c1-25(20-7-4-3-5-8-20)16-6-15-24-23(27)19-13-17-26(18-14-19)31(28,29)22-11-9-21(30-2)10-12-22/h3-5,7-12,19H,6,13-18H2,1-2H3,(H,24,27). The van der Waals surface area contributed by atoms with Crippen molar-refractivity contribution < 1.29 is 17.9 Å². The van der Waals surface area contributed by atoms with Crippen molar-refractivity contribution in [2.24, 2.45) is 5.92 Å². The van der Waals surface area contributed by atoms with Crippen LogP contribution in [-0.4, -0.2) is 59.0 Å². The van der Waals surface area contributed by atoms with Crippen LogP contribution in [0.3, 0.4) is 0 Å². The minimum atomic E-state index is -3.55. The molecular formula is C23H31N3O4S. The van der Waals surface area contributed by atoms with E-state index < -0.39 is 10.0 Å².